The van der Waals surface area contributed by atoms with Crippen LogP contribution in [0.4, 0.5) is 5.82 Å². The Morgan fingerprint density at radius 2 is 1.91 bits per heavy atom. The first-order valence-electron chi connectivity index (χ1n) is 10.9. The van der Waals surface area contributed by atoms with Gasteiger partial charge in [0.15, 0.2) is 10.8 Å². The van der Waals surface area contributed by atoms with Gasteiger partial charge in [0.25, 0.3) is 0 Å². The van der Waals surface area contributed by atoms with Crippen molar-refractivity contribution >= 4 is 46.3 Å². The zero-order valence-corrected chi connectivity index (χ0v) is 20.8. The van der Waals surface area contributed by atoms with Crippen LogP contribution >= 0.6 is 23.5 Å². The van der Waals surface area contributed by atoms with Gasteiger partial charge < -0.3 is 10.6 Å². The predicted molar refractivity (Wildman–Crippen MR) is 135 cm³/mol. The number of hydrogen-bond acceptors (Lipinski definition) is 7. The number of carbonyl (C=O) groups excluding carboxylic acids is 1. The highest BCUT2D eigenvalue weighted by Crippen LogP contribution is 2.26. The van der Waals surface area contributed by atoms with Crippen LogP contribution < -0.4 is 10.6 Å². The van der Waals surface area contributed by atoms with E-state index in [4.69, 9.17) is 9.97 Å². The Kier molecular flexibility index (Phi) is 9.23. The first kappa shape index (κ1) is 24.4. The molecule has 0 saturated carbocycles. The zero-order chi connectivity index (χ0) is 22.9. The molecule has 32 heavy (non-hydrogen) atoms. The molecule has 0 aliphatic rings. The van der Waals surface area contributed by atoms with Gasteiger partial charge in [0.05, 0.1) is 23.9 Å². The minimum Gasteiger partial charge on any atom is -0.369 e. The molecule has 0 fully saturated rings. The number of nitrogens with one attached hydrogen (secondary N) is 2. The van der Waals surface area contributed by atoms with Crippen molar-refractivity contribution in [3.05, 3.63) is 42.1 Å². The summed E-state index contributed by atoms with van der Waals surface area (Å²) in [6.45, 7) is 10.5. The van der Waals surface area contributed by atoms with Crippen LogP contribution in [0.25, 0.3) is 11.0 Å². The van der Waals surface area contributed by atoms with Crippen LogP contribution in [0.3, 0.4) is 0 Å². The van der Waals surface area contributed by atoms with Crippen LogP contribution in [0.1, 0.15) is 33.3 Å². The lowest BCUT2D eigenvalue weighted by Crippen LogP contribution is -2.29. The van der Waals surface area contributed by atoms with Crippen molar-refractivity contribution in [1.29, 1.82) is 0 Å². The van der Waals surface area contributed by atoms with Gasteiger partial charge in [-0.2, -0.15) is 5.10 Å². The summed E-state index contributed by atoms with van der Waals surface area (Å²) in [5, 5.41) is 13.0. The number of amides is 1. The van der Waals surface area contributed by atoms with Crippen molar-refractivity contribution in [3.8, 4) is 0 Å². The number of nitrogens with zero attached hydrogens (tertiary/aromatic N) is 4. The molecule has 0 bridgehead atoms. The normalized spacial score (nSPS) is 11.4. The quantitative estimate of drug-likeness (QED) is 0.298. The van der Waals surface area contributed by atoms with E-state index >= 15 is 0 Å². The van der Waals surface area contributed by atoms with Gasteiger partial charge in [0, 0.05) is 24.1 Å². The molecule has 0 spiro atoms. The summed E-state index contributed by atoms with van der Waals surface area (Å²) >= 11 is 3.25. The van der Waals surface area contributed by atoms with E-state index in [0.717, 1.165) is 34.3 Å². The maximum atomic E-state index is 12.2. The first-order chi connectivity index (χ1) is 15.4. The third kappa shape index (κ3) is 7.41. The van der Waals surface area contributed by atoms with E-state index in [1.807, 2.05) is 22.9 Å². The maximum Gasteiger partial charge on any atom is 0.230 e. The molecule has 0 saturated heterocycles. The van der Waals surface area contributed by atoms with Crippen molar-refractivity contribution in [1.82, 2.24) is 25.1 Å². The second kappa shape index (κ2) is 12.1. The Bertz CT molecular complexity index is 1010. The lowest BCUT2D eigenvalue weighted by atomic mass is 10.2. The molecule has 172 valence electrons. The second-order valence-electron chi connectivity index (χ2n) is 8.23. The van der Waals surface area contributed by atoms with E-state index in [9.17, 15) is 4.79 Å². The average Bonchev–Trinajstić information content (AvgIpc) is 3.15. The molecule has 2 heterocycles. The van der Waals surface area contributed by atoms with Gasteiger partial charge in [-0.15, -0.1) is 11.8 Å². The molecular weight excluding hydrogens is 440 g/mol. The summed E-state index contributed by atoms with van der Waals surface area (Å²) in [5.74, 6) is 2.63. The molecule has 0 aliphatic heterocycles. The highest BCUT2D eigenvalue weighted by atomic mass is 32.2. The van der Waals surface area contributed by atoms with Crippen molar-refractivity contribution in [2.24, 2.45) is 5.92 Å². The van der Waals surface area contributed by atoms with Crippen LogP contribution in [0.5, 0.6) is 0 Å². The highest BCUT2D eigenvalue weighted by molar-refractivity contribution is 7.99. The molecule has 1 aromatic carbocycles. The number of thioether (sulfide) groups is 2. The number of carbonyl (C=O) groups is 1. The zero-order valence-electron chi connectivity index (χ0n) is 19.2. The van der Waals surface area contributed by atoms with E-state index in [1.54, 1.807) is 29.7 Å². The fourth-order valence-electron chi connectivity index (χ4n) is 2.99. The fourth-order valence-corrected chi connectivity index (χ4v) is 4.51. The molecule has 0 unspecified atom stereocenters. The molecule has 1 amide bonds. The summed E-state index contributed by atoms with van der Waals surface area (Å²) in [4.78, 5) is 21.7. The number of hydrogen-bond donors (Lipinski definition) is 2. The summed E-state index contributed by atoms with van der Waals surface area (Å²) in [6.07, 6.45) is 1.80. The number of benzene rings is 1. The van der Waals surface area contributed by atoms with Gasteiger partial charge in [-0.1, -0.05) is 69.8 Å². The van der Waals surface area contributed by atoms with Crippen molar-refractivity contribution < 1.29 is 4.79 Å². The molecule has 0 atom stereocenters. The molecule has 2 aromatic heterocycles. The minimum absolute atomic E-state index is 0.0346. The predicted octanol–water partition coefficient (Wildman–Crippen LogP) is 4.44. The van der Waals surface area contributed by atoms with Crippen LogP contribution in [0.2, 0.25) is 0 Å². The lowest BCUT2D eigenvalue weighted by Gasteiger charge is -2.12. The van der Waals surface area contributed by atoms with Crippen LogP contribution in [-0.2, 0) is 17.1 Å². The van der Waals surface area contributed by atoms with E-state index in [1.165, 1.54) is 5.56 Å². The SMILES string of the molecule is CC(C)CNc1nc(SC(C)C)nc2c1cnn2CCNC(=O)CSCc1ccccc1. The number of anilines is 1. The molecule has 0 radical (unpaired) electrons. The van der Waals surface area contributed by atoms with Crippen LogP contribution in [0, 0.1) is 5.92 Å². The number of rotatable bonds is 12. The lowest BCUT2D eigenvalue weighted by molar-refractivity contribution is -0.118. The van der Waals surface area contributed by atoms with E-state index in [2.05, 4.69) is 55.6 Å². The molecule has 7 nitrogen and oxygen atoms in total. The Labute approximate surface area is 198 Å². The fraction of sp³-hybridized carbons (Fsp3) is 0.478. The topological polar surface area (TPSA) is 84.7 Å². The monoisotopic (exact) mass is 472 g/mol. The Morgan fingerprint density at radius 3 is 2.62 bits per heavy atom. The number of fused-ring (bicyclic) bond motifs is 1. The molecule has 0 aliphatic carbocycles. The van der Waals surface area contributed by atoms with Gasteiger partial charge in [-0.05, 0) is 11.5 Å². The van der Waals surface area contributed by atoms with Crippen molar-refractivity contribution in [2.45, 2.75) is 50.4 Å². The molecular formula is C23H32N6OS2. The maximum absolute atomic E-state index is 12.2. The van der Waals surface area contributed by atoms with Crippen molar-refractivity contribution in [2.75, 3.05) is 24.2 Å². The standard InChI is InChI=1S/C23H32N6OS2/c1-16(2)12-25-21-19-13-26-29(22(19)28-23(27-21)32-17(3)4)11-10-24-20(30)15-31-14-18-8-6-5-7-9-18/h5-9,13,16-17H,10-12,14-15H2,1-4H3,(H,24,30)(H,25,27,28). The molecule has 2 N–H and O–H groups in total. The number of aromatic nitrogens is 4. The third-order valence-corrected chi connectivity index (χ3v) is 6.35. The second-order valence-corrected chi connectivity index (χ2v) is 10.8. The third-order valence-electron chi connectivity index (χ3n) is 4.49. The van der Waals surface area contributed by atoms with Gasteiger partial charge in [0.2, 0.25) is 5.91 Å². The van der Waals surface area contributed by atoms with E-state index < -0.39 is 0 Å². The highest BCUT2D eigenvalue weighted by Gasteiger charge is 2.14. The van der Waals surface area contributed by atoms with Gasteiger partial charge in [0.1, 0.15) is 5.82 Å². The summed E-state index contributed by atoms with van der Waals surface area (Å²) in [7, 11) is 0. The summed E-state index contributed by atoms with van der Waals surface area (Å²) in [6, 6.07) is 10.2. The van der Waals surface area contributed by atoms with Gasteiger partial charge in [-0.25, -0.2) is 14.6 Å². The van der Waals surface area contributed by atoms with Crippen LogP contribution in [0.15, 0.2) is 41.7 Å². The van der Waals surface area contributed by atoms with Gasteiger partial charge in [-0.3, -0.25) is 4.79 Å². The first-order valence-corrected chi connectivity index (χ1v) is 13.0. The van der Waals surface area contributed by atoms with Crippen molar-refractivity contribution in [3.63, 3.8) is 0 Å². The Balaban J connectivity index is 1.58. The van der Waals surface area contributed by atoms with Gasteiger partial charge >= 0.3 is 0 Å². The smallest absolute Gasteiger partial charge is 0.230 e. The summed E-state index contributed by atoms with van der Waals surface area (Å²) < 4.78 is 1.85. The largest absolute Gasteiger partial charge is 0.369 e. The Morgan fingerprint density at radius 1 is 1.12 bits per heavy atom. The van der Waals surface area contributed by atoms with Crippen LogP contribution in [-0.4, -0.2) is 49.7 Å². The minimum atomic E-state index is 0.0346. The summed E-state index contributed by atoms with van der Waals surface area (Å²) in [5.41, 5.74) is 2.02. The average molecular weight is 473 g/mol. The molecule has 9 heteroatoms. The Hall–Kier alpha value is -2.26. The van der Waals surface area contributed by atoms with E-state index in [-0.39, 0.29) is 5.91 Å². The molecule has 3 aromatic rings. The van der Waals surface area contributed by atoms with E-state index in [0.29, 0.717) is 30.0 Å². The molecule has 3 rings (SSSR count).